The number of hydrogen-bond donors (Lipinski definition) is 0. The Morgan fingerprint density at radius 2 is 1.71 bits per heavy atom. The molecule has 3 rings (SSSR count). The summed E-state index contributed by atoms with van der Waals surface area (Å²) in [6, 6.07) is 1.39. The van der Waals surface area contributed by atoms with Crippen LogP contribution in [-0.4, -0.2) is 49.7 Å². The number of halogens is 2. The average molecular weight is 411 g/mol. The summed E-state index contributed by atoms with van der Waals surface area (Å²) in [5.41, 5.74) is 0. The van der Waals surface area contributed by atoms with Gasteiger partial charge >= 0.3 is 0 Å². The highest BCUT2D eigenvalue weighted by atomic mass is 35.5. The second-order valence-corrected chi connectivity index (χ2v) is 10.4. The number of thiophene rings is 1. The summed E-state index contributed by atoms with van der Waals surface area (Å²) >= 11 is 12.9. The molecule has 1 aliphatic carbocycles. The lowest BCUT2D eigenvalue weighted by Crippen LogP contribution is -2.52. The molecule has 1 aliphatic heterocycles. The number of rotatable bonds is 3. The fourth-order valence-corrected chi connectivity index (χ4v) is 6.93. The van der Waals surface area contributed by atoms with Gasteiger partial charge in [0.1, 0.15) is 9.23 Å². The molecule has 0 atom stereocenters. The number of piperazine rings is 1. The Labute approximate surface area is 156 Å². The number of carbonyl (C=O) groups excluding carboxylic acids is 1. The first-order chi connectivity index (χ1) is 11.4. The normalized spacial score (nSPS) is 21.2. The number of amides is 1. The number of carbonyl (C=O) groups is 1. The van der Waals surface area contributed by atoms with Gasteiger partial charge in [0, 0.05) is 32.1 Å². The van der Waals surface area contributed by atoms with Crippen LogP contribution < -0.4 is 0 Å². The number of sulfonamides is 1. The number of hydrogen-bond acceptors (Lipinski definition) is 4. The molecule has 1 saturated carbocycles. The maximum absolute atomic E-state index is 12.7. The molecule has 0 aromatic carbocycles. The van der Waals surface area contributed by atoms with Gasteiger partial charge in [0.2, 0.25) is 15.9 Å². The van der Waals surface area contributed by atoms with Crippen LogP contribution in [0.15, 0.2) is 11.0 Å². The first-order valence-electron chi connectivity index (χ1n) is 8.13. The summed E-state index contributed by atoms with van der Waals surface area (Å²) in [6.45, 7) is 1.46. The highest BCUT2D eigenvalue weighted by Crippen LogP contribution is 2.36. The van der Waals surface area contributed by atoms with Crippen molar-refractivity contribution in [2.24, 2.45) is 5.92 Å². The highest BCUT2D eigenvalue weighted by Gasteiger charge is 2.34. The van der Waals surface area contributed by atoms with Crippen LogP contribution in [0.2, 0.25) is 8.67 Å². The third kappa shape index (κ3) is 3.75. The zero-order valence-corrected chi connectivity index (χ0v) is 16.4. The summed E-state index contributed by atoms with van der Waals surface area (Å²) in [5, 5.41) is 0. The van der Waals surface area contributed by atoms with Crippen LogP contribution in [-0.2, 0) is 14.8 Å². The minimum absolute atomic E-state index is 0.0613. The molecule has 24 heavy (non-hydrogen) atoms. The standard InChI is InChI=1S/C15H20Cl2N2O3S2/c16-13-10-12(14(17)23-13)24(21,22)19-8-6-18(7-9-19)15(20)11-4-2-1-3-5-11/h10-11H,1-9H2. The zero-order chi connectivity index (χ0) is 17.3. The van der Waals surface area contributed by atoms with E-state index < -0.39 is 10.0 Å². The lowest BCUT2D eigenvalue weighted by atomic mass is 9.88. The van der Waals surface area contributed by atoms with Gasteiger partial charge in [0.15, 0.2) is 0 Å². The van der Waals surface area contributed by atoms with E-state index in [2.05, 4.69) is 0 Å². The van der Waals surface area contributed by atoms with Crippen molar-refractivity contribution in [2.75, 3.05) is 26.2 Å². The lowest BCUT2D eigenvalue weighted by Gasteiger charge is -2.36. The van der Waals surface area contributed by atoms with E-state index in [1.807, 2.05) is 4.90 Å². The molecule has 1 saturated heterocycles. The van der Waals surface area contributed by atoms with E-state index in [0.717, 1.165) is 37.0 Å². The third-order valence-electron chi connectivity index (χ3n) is 4.75. The quantitative estimate of drug-likeness (QED) is 0.766. The molecule has 1 aromatic rings. The third-order valence-corrected chi connectivity index (χ3v) is 8.40. The van der Waals surface area contributed by atoms with Gasteiger partial charge in [0.05, 0.1) is 4.34 Å². The van der Waals surface area contributed by atoms with Gasteiger partial charge in [-0.3, -0.25) is 4.79 Å². The van der Waals surface area contributed by atoms with Gasteiger partial charge in [-0.2, -0.15) is 4.31 Å². The Bertz CT molecular complexity index is 706. The molecule has 9 heteroatoms. The summed E-state index contributed by atoms with van der Waals surface area (Å²) in [5.74, 6) is 0.301. The molecular weight excluding hydrogens is 391 g/mol. The highest BCUT2D eigenvalue weighted by molar-refractivity contribution is 7.89. The fraction of sp³-hybridized carbons (Fsp3) is 0.667. The summed E-state index contributed by atoms with van der Waals surface area (Å²) in [4.78, 5) is 14.4. The Kier molecular flexibility index (Phi) is 5.76. The van der Waals surface area contributed by atoms with Crippen LogP contribution in [0.25, 0.3) is 0 Å². The van der Waals surface area contributed by atoms with Gasteiger partial charge in [-0.25, -0.2) is 8.42 Å². The van der Waals surface area contributed by atoms with Crippen molar-refractivity contribution in [2.45, 2.75) is 37.0 Å². The molecule has 2 fully saturated rings. The molecule has 1 amide bonds. The molecule has 5 nitrogen and oxygen atoms in total. The molecule has 0 radical (unpaired) electrons. The van der Waals surface area contributed by atoms with Crippen LogP contribution in [0.3, 0.4) is 0 Å². The van der Waals surface area contributed by atoms with Crippen LogP contribution in [0.4, 0.5) is 0 Å². The first kappa shape index (κ1) is 18.5. The topological polar surface area (TPSA) is 57.7 Å². The van der Waals surface area contributed by atoms with Gasteiger partial charge in [-0.05, 0) is 18.9 Å². The second kappa shape index (κ2) is 7.50. The molecule has 2 heterocycles. The smallest absolute Gasteiger partial charge is 0.245 e. The minimum atomic E-state index is -3.66. The van der Waals surface area contributed by atoms with Crippen molar-refractivity contribution < 1.29 is 13.2 Å². The molecule has 0 bridgehead atoms. The van der Waals surface area contributed by atoms with Crippen molar-refractivity contribution in [3.05, 3.63) is 14.7 Å². The molecule has 0 spiro atoms. The SMILES string of the molecule is O=C(C1CCCCC1)N1CCN(S(=O)(=O)c2cc(Cl)sc2Cl)CC1. The van der Waals surface area contributed by atoms with E-state index in [1.54, 1.807) is 0 Å². The monoisotopic (exact) mass is 410 g/mol. The fourth-order valence-electron chi connectivity index (χ4n) is 3.40. The van der Waals surface area contributed by atoms with Gasteiger partial charge in [0.25, 0.3) is 0 Å². The first-order valence-corrected chi connectivity index (χ1v) is 11.1. The largest absolute Gasteiger partial charge is 0.340 e. The summed E-state index contributed by atoms with van der Waals surface area (Å²) in [7, 11) is -3.66. The van der Waals surface area contributed by atoms with Crippen molar-refractivity contribution in [3.8, 4) is 0 Å². The molecule has 0 unspecified atom stereocenters. The van der Waals surface area contributed by atoms with Gasteiger partial charge < -0.3 is 4.90 Å². The Hall–Kier alpha value is -0.340. The van der Waals surface area contributed by atoms with E-state index in [0.29, 0.717) is 30.5 Å². The molecule has 2 aliphatic rings. The predicted molar refractivity (Wildman–Crippen MR) is 96.3 cm³/mol. The van der Waals surface area contributed by atoms with Crippen LogP contribution >= 0.6 is 34.5 Å². The molecule has 1 aromatic heterocycles. The van der Waals surface area contributed by atoms with E-state index in [9.17, 15) is 13.2 Å². The predicted octanol–water partition coefficient (Wildman–Crippen LogP) is 3.47. The van der Waals surface area contributed by atoms with E-state index in [1.165, 1.54) is 16.8 Å². The van der Waals surface area contributed by atoms with Crippen LogP contribution in [0.5, 0.6) is 0 Å². The van der Waals surface area contributed by atoms with E-state index in [4.69, 9.17) is 23.2 Å². The Morgan fingerprint density at radius 3 is 2.25 bits per heavy atom. The van der Waals surface area contributed by atoms with Crippen molar-refractivity contribution in [3.63, 3.8) is 0 Å². The van der Waals surface area contributed by atoms with Gasteiger partial charge in [-0.1, -0.05) is 42.5 Å². The van der Waals surface area contributed by atoms with E-state index >= 15 is 0 Å². The Morgan fingerprint density at radius 1 is 1.08 bits per heavy atom. The summed E-state index contributed by atoms with van der Waals surface area (Å²) < 4.78 is 27.3. The zero-order valence-electron chi connectivity index (χ0n) is 13.2. The minimum Gasteiger partial charge on any atom is -0.340 e. The van der Waals surface area contributed by atoms with Crippen LogP contribution in [0.1, 0.15) is 32.1 Å². The molecule has 134 valence electrons. The Balaban J connectivity index is 1.64. The lowest BCUT2D eigenvalue weighted by molar-refractivity contribution is -0.137. The van der Waals surface area contributed by atoms with Crippen molar-refractivity contribution >= 4 is 50.5 Å². The number of nitrogens with zero attached hydrogens (tertiary/aromatic N) is 2. The maximum atomic E-state index is 12.7. The van der Waals surface area contributed by atoms with Gasteiger partial charge in [-0.15, -0.1) is 11.3 Å². The van der Waals surface area contributed by atoms with Crippen molar-refractivity contribution in [1.29, 1.82) is 0 Å². The van der Waals surface area contributed by atoms with E-state index in [-0.39, 0.29) is 21.1 Å². The molecular formula is C15H20Cl2N2O3S2. The summed E-state index contributed by atoms with van der Waals surface area (Å²) in [6.07, 6.45) is 5.35. The average Bonchev–Trinajstić information content (AvgIpc) is 2.94. The maximum Gasteiger partial charge on any atom is 0.245 e. The second-order valence-electron chi connectivity index (χ2n) is 6.25. The van der Waals surface area contributed by atoms with Crippen molar-refractivity contribution in [1.82, 2.24) is 9.21 Å². The van der Waals surface area contributed by atoms with Crippen LogP contribution in [0, 0.1) is 5.92 Å². The molecule has 0 N–H and O–H groups in total.